The van der Waals surface area contributed by atoms with E-state index in [4.69, 9.17) is 9.47 Å². The molecule has 0 radical (unpaired) electrons. The number of methoxy groups -OCH3 is 1. The topological polar surface area (TPSA) is 62.3 Å². The zero-order valence-electron chi connectivity index (χ0n) is 17.4. The molecule has 0 aromatic rings. The quantitative estimate of drug-likeness (QED) is 0.682. The Kier molecular flexibility index (Phi) is 5.83. The van der Waals surface area contributed by atoms with E-state index in [-0.39, 0.29) is 18.1 Å². The predicted octanol–water partition coefficient (Wildman–Crippen LogP) is 2.10. The van der Waals surface area contributed by atoms with Gasteiger partial charge >= 0.3 is 12.1 Å². The fraction of sp³-hybridized carbons (Fsp3) is 0.905. The van der Waals surface area contributed by atoms with E-state index in [1.54, 1.807) is 0 Å². The van der Waals surface area contributed by atoms with E-state index in [0.717, 1.165) is 64.8 Å². The lowest BCUT2D eigenvalue weighted by molar-refractivity contribution is -0.147. The summed E-state index contributed by atoms with van der Waals surface area (Å²) < 4.78 is 10.2. The van der Waals surface area contributed by atoms with E-state index < -0.39 is 0 Å². The molecular weight excluding hydrogens is 358 g/mol. The van der Waals surface area contributed by atoms with Gasteiger partial charge in [0.05, 0.1) is 13.7 Å². The molecule has 28 heavy (non-hydrogen) atoms. The number of amides is 1. The number of piperidine rings is 1. The Hall–Kier alpha value is -1.34. The zero-order chi connectivity index (χ0) is 19.7. The summed E-state index contributed by atoms with van der Waals surface area (Å²) in [7, 11) is 1.50. The highest BCUT2D eigenvalue weighted by Gasteiger charge is 2.51. The third-order valence-corrected chi connectivity index (χ3v) is 7.55. The maximum absolute atomic E-state index is 12.0. The number of ether oxygens (including phenoxy) is 2. The van der Waals surface area contributed by atoms with E-state index >= 15 is 0 Å². The average Bonchev–Trinajstić information content (AvgIpc) is 3.34. The summed E-state index contributed by atoms with van der Waals surface area (Å²) in [4.78, 5) is 31.0. The van der Waals surface area contributed by atoms with Gasteiger partial charge in [-0.1, -0.05) is 0 Å². The maximum Gasteiger partial charge on any atom is 0.409 e. The van der Waals surface area contributed by atoms with Crippen LogP contribution in [0.5, 0.6) is 0 Å². The largest absolute Gasteiger partial charge is 0.468 e. The van der Waals surface area contributed by atoms with Gasteiger partial charge in [0.25, 0.3) is 0 Å². The number of hydrogen-bond acceptors (Lipinski definition) is 6. The first kappa shape index (κ1) is 20.0. The molecule has 1 aliphatic carbocycles. The second kappa shape index (κ2) is 8.19. The smallest absolute Gasteiger partial charge is 0.409 e. The second-order valence-electron chi connectivity index (χ2n) is 9.12. The maximum atomic E-state index is 12.0. The number of nitrogens with zero attached hydrogens (tertiary/aromatic N) is 3. The molecule has 0 aromatic carbocycles. The Morgan fingerprint density at radius 2 is 1.79 bits per heavy atom. The van der Waals surface area contributed by atoms with Gasteiger partial charge in [0.1, 0.15) is 6.04 Å². The van der Waals surface area contributed by atoms with E-state index in [9.17, 15) is 9.59 Å². The Labute approximate surface area is 168 Å². The van der Waals surface area contributed by atoms with Crippen molar-refractivity contribution in [1.82, 2.24) is 14.7 Å². The molecule has 0 N–H and O–H groups in total. The summed E-state index contributed by atoms with van der Waals surface area (Å²) in [5.74, 6) is -0.0618. The molecule has 3 aliphatic heterocycles. The van der Waals surface area contributed by atoms with Gasteiger partial charge in [-0.3, -0.25) is 9.69 Å². The number of hydrogen-bond donors (Lipinski definition) is 0. The summed E-state index contributed by atoms with van der Waals surface area (Å²) in [6.07, 6.45) is 7.72. The molecule has 158 valence electrons. The highest BCUT2D eigenvalue weighted by Crippen LogP contribution is 2.50. The van der Waals surface area contributed by atoms with Crippen LogP contribution < -0.4 is 0 Å². The van der Waals surface area contributed by atoms with Crippen molar-refractivity contribution >= 4 is 12.1 Å². The van der Waals surface area contributed by atoms with E-state index in [0.29, 0.717) is 24.1 Å². The minimum atomic E-state index is -0.144. The van der Waals surface area contributed by atoms with E-state index in [1.165, 1.54) is 20.0 Å². The van der Waals surface area contributed by atoms with Gasteiger partial charge in [-0.15, -0.1) is 0 Å². The second-order valence-corrected chi connectivity index (χ2v) is 9.12. The summed E-state index contributed by atoms with van der Waals surface area (Å²) in [5.41, 5.74) is 0.333. The molecule has 7 nitrogen and oxygen atoms in total. The van der Waals surface area contributed by atoms with Crippen molar-refractivity contribution in [2.75, 3.05) is 46.4 Å². The number of rotatable bonds is 4. The van der Waals surface area contributed by atoms with Crippen LogP contribution in [-0.2, 0) is 14.3 Å². The SMILES string of the molecule is CCOC(=O)N1CCC2(CC(N3CCC(N4CCC[C@@H]4C(=O)OC)CC3)C2)C1. The summed E-state index contributed by atoms with van der Waals surface area (Å²) in [5, 5.41) is 0. The lowest BCUT2D eigenvalue weighted by atomic mass is 9.64. The van der Waals surface area contributed by atoms with E-state index in [1.807, 2.05) is 11.8 Å². The summed E-state index contributed by atoms with van der Waals surface area (Å²) in [6, 6.07) is 1.15. The first-order valence-corrected chi connectivity index (χ1v) is 11.0. The van der Waals surface area contributed by atoms with Crippen molar-refractivity contribution in [1.29, 1.82) is 0 Å². The first-order chi connectivity index (χ1) is 13.5. The van der Waals surface area contributed by atoms with Gasteiger partial charge in [-0.05, 0) is 76.9 Å². The Morgan fingerprint density at radius 3 is 2.46 bits per heavy atom. The van der Waals surface area contributed by atoms with Gasteiger partial charge in [0.2, 0.25) is 0 Å². The highest BCUT2D eigenvalue weighted by molar-refractivity contribution is 5.76. The first-order valence-electron chi connectivity index (χ1n) is 11.0. The van der Waals surface area contributed by atoms with Gasteiger partial charge in [0.15, 0.2) is 0 Å². The number of likely N-dealkylation sites (tertiary alicyclic amines) is 3. The van der Waals surface area contributed by atoms with Crippen molar-refractivity contribution in [3.63, 3.8) is 0 Å². The summed E-state index contributed by atoms with van der Waals surface area (Å²) >= 11 is 0. The standard InChI is InChI=1S/C21H35N3O4/c1-3-28-20(26)23-12-8-21(15-23)13-17(14-21)22-10-6-16(7-11-22)24-9-4-5-18(24)19(25)27-2/h16-18H,3-15H2,1-2H3/t17?,18-,21?/m1/s1. The molecule has 3 saturated heterocycles. The van der Waals surface area contributed by atoms with Crippen LogP contribution in [0.4, 0.5) is 4.79 Å². The lowest BCUT2D eigenvalue weighted by Crippen LogP contribution is -2.56. The molecule has 4 rings (SSSR count). The monoisotopic (exact) mass is 393 g/mol. The van der Waals surface area contributed by atoms with Crippen LogP contribution in [0, 0.1) is 5.41 Å². The third-order valence-electron chi connectivity index (χ3n) is 7.55. The number of carbonyl (C=O) groups excluding carboxylic acids is 2. The fourth-order valence-electron chi connectivity index (χ4n) is 6.03. The molecule has 4 fully saturated rings. The van der Waals surface area contributed by atoms with Crippen LogP contribution in [-0.4, -0.2) is 91.3 Å². The molecule has 0 unspecified atom stereocenters. The molecule has 4 aliphatic rings. The van der Waals surface area contributed by atoms with Crippen molar-refractivity contribution < 1.29 is 19.1 Å². The molecule has 1 amide bonds. The number of carbonyl (C=O) groups is 2. The molecule has 0 bridgehead atoms. The van der Waals surface area contributed by atoms with Crippen molar-refractivity contribution in [3.05, 3.63) is 0 Å². The van der Waals surface area contributed by atoms with Crippen molar-refractivity contribution in [2.24, 2.45) is 5.41 Å². The fourth-order valence-corrected chi connectivity index (χ4v) is 6.03. The Balaban J connectivity index is 1.23. The van der Waals surface area contributed by atoms with Crippen LogP contribution in [0.15, 0.2) is 0 Å². The van der Waals surface area contributed by atoms with Gasteiger partial charge in [0, 0.05) is 25.2 Å². The van der Waals surface area contributed by atoms with Crippen LogP contribution in [0.1, 0.15) is 51.9 Å². The van der Waals surface area contributed by atoms with E-state index in [2.05, 4.69) is 9.80 Å². The Bertz CT molecular complexity index is 584. The van der Waals surface area contributed by atoms with Crippen LogP contribution in [0.25, 0.3) is 0 Å². The number of esters is 1. The van der Waals surface area contributed by atoms with Crippen molar-refractivity contribution in [3.8, 4) is 0 Å². The molecule has 0 aromatic heterocycles. The predicted molar refractivity (Wildman–Crippen MR) is 105 cm³/mol. The highest BCUT2D eigenvalue weighted by atomic mass is 16.6. The molecule has 1 spiro atoms. The normalized spacial score (nSPS) is 34.6. The molecule has 1 atom stereocenters. The third kappa shape index (κ3) is 3.75. The van der Waals surface area contributed by atoms with Gasteiger partial charge in [-0.25, -0.2) is 4.79 Å². The molecule has 7 heteroatoms. The zero-order valence-corrected chi connectivity index (χ0v) is 17.4. The minimum Gasteiger partial charge on any atom is -0.468 e. The Morgan fingerprint density at radius 1 is 1.04 bits per heavy atom. The molecule has 1 saturated carbocycles. The lowest BCUT2D eigenvalue weighted by Gasteiger charge is -2.52. The van der Waals surface area contributed by atoms with Crippen LogP contribution in [0.2, 0.25) is 0 Å². The summed E-state index contributed by atoms with van der Waals surface area (Å²) in [6.45, 7) is 7.30. The van der Waals surface area contributed by atoms with Gasteiger partial charge < -0.3 is 19.3 Å². The minimum absolute atomic E-state index is 0.0270. The van der Waals surface area contributed by atoms with Crippen molar-refractivity contribution in [2.45, 2.75) is 70.0 Å². The average molecular weight is 394 g/mol. The van der Waals surface area contributed by atoms with Crippen LogP contribution in [0.3, 0.4) is 0 Å². The molecule has 3 heterocycles. The van der Waals surface area contributed by atoms with Crippen LogP contribution >= 0.6 is 0 Å². The molecular formula is C21H35N3O4. The van der Waals surface area contributed by atoms with Gasteiger partial charge in [-0.2, -0.15) is 0 Å².